The van der Waals surface area contributed by atoms with Gasteiger partial charge in [-0.1, -0.05) is 0 Å². The van der Waals surface area contributed by atoms with Crippen molar-refractivity contribution in [2.24, 2.45) is 0 Å². The van der Waals surface area contributed by atoms with E-state index in [1.54, 1.807) is 0 Å². The first-order valence-corrected chi connectivity index (χ1v) is 6.38. The highest BCUT2D eigenvalue weighted by atomic mass is 16.6. The summed E-state index contributed by atoms with van der Waals surface area (Å²) in [5.41, 5.74) is 4.35. The minimum atomic E-state index is 0.608. The summed E-state index contributed by atoms with van der Waals surface area (Å²) >= 11 is 0. The molecule has 0 radical (unpaired) electrons. The number of hydrogen-bond acceptors (Lipinski definition) is 4. The van der Waals surface area contributed by atoms with Gasteiger partial charge in [-0.3, -0.25) is 5.10 Å². The first kappa shape index (κ1) is 11.9. The van der Waals surface area contributed by atoms with E-state index in [4.69, 9.17) is 9.47 Å². The fourth-order valence-electron chi connectivity index (χ4n) is 2.18. The van der Waals surface area contributed by atoms with Crippen molar-refractivity contribution in [2.75, 3.05) is 18.5 Å². The molecular weight excluding hydrogens is 242 g/mol. The topological polar surface area (TPSA) is 59.2 Å². The van der Waals surface area contributed by atoms with Crippen LogP contribution in [0.1, 0.15) is 17.0 Å². The molecule has 0 amide bonds. The lowest BCUT2D eigenvalue weighted by atomic mass is 10.2. The van der Waals surface area contributed by atoms with Crippen molar-refractivity contribution in [3.05, 3.63) is 35.2 Å². The van der Waals surface area contributed by atoms with Crippen molar-refractivity contribution in [3.8, 4) is 11.5 Å². The van der Waals surface area contributed by atoms with E-state index in [9.17, 15) is 0 Å². The Hall–Kier alpha value is -2.17. The molecule has 0 spiro atoms. The Balaban J connectivity index is 1.74. The van der Waals surface area contributed by atoms with Gasteiger partial charge in [-0.2, -0.15) is 5.10 Å². The maximum atomic E-state index is 5.57. The number of rotatable bonds is 3. The number of aromatic amines is 1. The maximum absolute atomic E-state index is 5.57. The lowest BCUT2D eigenvalue weighted by molar-refractivity contribution is 0.171. The zero-order valence-corrected chi connectivity index (χ0v) is 11.1. The minimum Gasteiger partial charge on any atom is -0.486 e. The monoisotopic (exact) mass is 259 g/mol. The molecule has 0 saturated heterocycles. The van der Waals surface area contributed by atoms with Crippen molar-refractivity contribution in [3.63, 3.8) is 0 Å². The van der Waals surface area contributed by atoms with Crippen LogP contribution in [0.15, 0.2) is 18.2 Å². The van der Waals surface area contributed by atoms with Crippen molar-refractivity contribution in [2.45, 2.75) is 20.4 Å². The Morgan fingerprint density at radius 2 is 2.00 bits per heavy atom. The number of fused-ring (bicyclic) bond motifs is 1. The van der Waals surface area contributed by atoms with Crippen LogP contribution in [-0.4, -0.2) is 23.4 Å². The molecule has 1 aromatic carbocycles. The fraction of sp³-hybridized carbons (Fsp3) is 0.357. The molecular formula is C14H17N3O2. The van der Waals surface area contributed by atoms with Crippen LogP contribution < -0.4 is 14.8 Å². The van der Waals surface area contributed by atoms with Gasteiger partial charge in [0.05, 0.1) is 5.69 Å². The highest BCUT2D eigenvalue weighted by Crippen LogP contribution is 2.32. The van der Waals surface area contributed by atoms with Crippen molar-refractivity contribution in [1.82, 2.24) is 10.2 Å². The predicted octanol–water partition coefficient (Wildman–Crippen LogP) is 2.41. The average Bonchev–Trinajstić information content (AvgIpc) is 2.76. The number of aromatic nitrogens is 2. The minimum absolute atomic E-state index is 0.608. The van der Waals surface area contributed by atoms with Crippen molar-refractivity contribution < 1.29 is 9.47 Å². The highest BCUT2D eigenvalue weighted by Gasteiger charge is 2.12. The van der Waals surface area contributed by atoms with Crippen LogP contribution in [0.25, 0.3) is 0 Å². The summed E-state index contributed by atoms with van der Waals surface area (Å²) in [5.74, 6) is 1.62. The van der Waals surface area contributed by atoms with Gasteiger partial charge < -0.3 is 14.8 Å². The first-order valence-electron chi connectivity index (χ1n) is 6.38. The van der Waals surface area contributed by atoms with Crippen molar-refractivity contribution >= 4 is 5.69 Å². The number of ether oxygens (including phenoxy) is 2. The van der Waals surface area contributed by atoms with E-state index in [0.717, 1.165) is 35.1 Å². The van der Waals surface area contributed by atoms with Crippen LogP contribution in [0.5, 0.6) is 11.5 Å². The SMILES string of the molecule is Cc1n[nH]c(C)c1CNc1ccc2c(c1)OCCO2. The molecule has 0 fully saturated rings. The van der Waals surface area contributed by atoms with Crippen LogP contribution in [0.4, 0.5) is 5.69 Å². The number of H-pyrrole nitrogens is 1. The van der Waals surface area contributed by atoms with E-state index in [1.807, 2.05) is 32.0 Å². The van der Waals surface area contributed by atoms with Gasteiger partial charge >= 0.3 is 0 Å². The molecule has 0 saturated carbocycles. The molecule has 5 heteroatoms. The first-order chi connectivity index (χ1) is 9.24. The van der Waals surface area contributed by atoms with Crippen LogP contribution in [0, 0.1) is 13.8 Å². The van der Waals surface area contributed by atoms with E-state index >= 15 is 0 Å². The molecule has 0 atom stereocenters. The normalized spacial score (nSPS) is 13.4. The van der Waals surface area contributed by atoms with Gasteiger partial charge in [-0.05, 0) is 26.0 Å². The van der Waals surface area contributed by atoms with Crippen LogP contribution in [0.3, 0.4) is 0 Å². The second-order valence-electron chi connectivity index (χ2n) is 4.62. The van der Waals surface area contributed by atoms with Crippen LogP contribution >= 0.6 is 0 Å². The van der Waals surface area contributed by atoms with Gasteiger partial charge in [-0.25, -0.2) is 0 Å². The van der Waals surface area contributed by atoms with E-state index in [2.05, 4.69) is 15.5 Å². The molecule has 0 unspecified atom stereocenters. The second kappa shape index (κ2) is 4.84. The number of benzene rings is 1. The Labute approximate surface area is 111 Å². The van der Waals surface area contributed by atoms with Gasteiger partial charge in [0.25, 0.3) is 0 Å². The van der Waals surface area contributed by atoms with Gasteiger partial charge in [0.15, 0.2) is 11.5 Å². The van der Waals surface area contributed by atoms with E-state index in [1.165, 1.54) is 5.56 Å². The summed E-state index contributed by atoms with van der Waals surface area (Å²) in [6.45, 7) is 6.00. The fourth-order valence-corrected chi connectivity index (χ4v) is 2.18. The van der Waals surface area contributed by atoms with E-state index < -0.39 is 0 Å². The van der Waals surface area contributed by atoms with Gasteiger partial charge in [-0.15, -0.1) is 0 Å². The Kier molecular flexibility index (Phi) is 3.03. The van der Waals surface area contributed by atoms with Crippen LogP contribution in [0.2, 0.25) is 0 Å². The maximum Gasteiger partial charge on any atom is 0.163 e. The van der Waals surface area contributed by atoms with Crippen molar-refractivity contribution in [1.29, 1.82) is 0 Å². The number of nitrogens with one attached hydrogen (secondary N) is 2. The van der Waals surface area contributed by atoms with Gasteiger partial charge in [0.2, 0.25) is 0 Å². The van der Waals surface area contributed by atoms with E-state index in [0.29, 0.717) is 13.2 Å². The molecule has 1 aromatic heterocycles. The quantitative estimate of drug-likeness (QED) is 0.888. The Bertz CT molecular complexity index is 573. The number of aryl methyl sites for hydroxylation is 2. The predicted molar refractivity (Wildman–Crippen MR) is 72.8 cm³/mol. The van der Waals surface area contributed by atoms with E-state index in [-0.39, 0.29) is 0 Å². The Morgan fingerprint density at radius 1 is 1.21 bits per heavy atom. The molecule has 5 nitrogen and oxygen atoms in total. The second-order valence-corrected chi connectivity index (χ2v) is 4.62. The highest BCUT2D eigenvalue weighted by molar-refractivity contribution is 5.55. The molecule has 0 bridgehead atoms. The molecule has 2 heterocycles. The molecule has 1 aliphatic rings. The summed E-state index contributed by atoms with van der Waals surface area (Å²) in [4.78, 5) is 0. The largest absolute Gasteiger partial charge is 0.486 e. The zero-order chi connectivity index (χ0) is 13.2. The smallest absolute Gasteiger partial charge is 0.163 e. The standard InChI is InChI=1S/C14H17N3O2/c1-9-12(10(2)17-16-9)8-15-11-3-4-13-14(7-11)19-6-5-18-13/h3-4,7,15H,5-6,8H2,1-2H3,(H,16,17). The van der Waals surface area contributed by atoms with Crippen LogP contribution in [-0.2, 0) is 6.54 Å². The third kappa shape index (κ3) is 2.36. The number of nitrogens with zero attached hydrogens (tertiary/aromatic N) is 1. The third-order valence-corrected chi connectivity index (χ3v) is 3.29. The molecule has 0 aliphatic carbocycles. The molecule has 1 aliphatic heterocycles. The molecule has 19 heavy (non-hydrogen) atoms. The summed E-state index contributed by atoms with van der Waals surface area (Å²) < 4.78 is 11.1. The molecule has 3 rings (SSSR count). The number of anilines is 1. The summed E-state index contributed by atoms with van der Waals surface area (Å²) in [6.07, 6.45) is 0. The van der Waals surface area contributed by atoms with Gasteiger partial charge in [0, 0.05) is 29.6 Å². The summed E-state index contributed by atoms with van der Waals surface area (Å²) in [6, 6.07) is 5.91. The lowest BCUT2D eigenvalue weighted by Crippen LogP contribution is -2.15. The third-order valence-electron chi connectivity index (χ3n) is 3.29. The average molecular weight is 259 g/mol. The zero-order valence-electron chi connectivity index (χ0n) is 11.1. The lowest BCUT2D eigenvalue weighted by Gasteiger charge is -2.19. The summed E-state index contributed by atoms with van der Waals surface area (Å²) in [5, 5.41) is 10.6. The molecule has 100 valence electrons. The molecule has 2 N–H and O–H groups in total. The molecule has 2 aromatic rings. The van der Waals surface area contributed by atoms with Gasteiger partial charge in [0.1, 0.15) is 13.2 Å². The summed E-state index contributed by atoms with van der Waals surface area (Å²) in [7, 11) is 0. The Morgan fingerprint density at radius 3 is 2.74 bits per heavy atom. The number of hydrogen-bond donors (Lipinski definition) is 2.